The predicted octanol–water partition coefficient (Wildman–Crippen LogP) is -0.552. The molecule has 2 atom stereocenters. The number of imidazole rings is 1. The number of aliphatic hydroxyl groups excluding tert-OH is 1. The molecule has 0 spiro atoms. The maximum absolute atomic E-state index is 9.21. The molecule has 104 valence electrons. The third-order valence-electron chi connectivity index (χ3n) is 3.43. The maximum atomic E-state index is 9.21. The Hall–Kier alpha value is -2.37. The zero-order valence-corrected chi connectivity index (χ0v) is 10.7. The molecule has 0 aliphatic carbocycles. The van der Waals surface area contributed by atoms with E-state index >= 15 is 0 Å². The molecular weight excluding hydrogens is 260 g/mol. The Kier molecular flexibility index (Phi) is 2.74. The van der Waals surface area contributed by atoms with Gasteiger partial charge in [-0.25, -0.2) is 4.98 Å². The normalized spacial score (nSPS) is 25.9. The molecule has 2 unspecified atom stereocenters. The lowest BCUT2D eigenvalue weighted by Crippen LogP contribution is -2.32. The quantitative estimate of drug-likeness (QED) is 0.627. The summed E-state index contributed by atoms with van der Waals surface area (Å²) < 4.78 is 7.39. The van der Waals surface area contributed by atoms with Crippen LogP contribution in [0.5, 0.6) is 0 Å². The highest BCUT2D eigenvalue weighted by atomic mass is 16.5. The monoisotopic (exact) mass is 274 g/mol. The van der Waals surface area contributed by atoms with Crippen LogP contribution >= 0.6 is 0 Å². The molecule has 0 radical (unpaired) electrons. The molecule has 1 aliphatic rings. The van der Waals surface area contributed by atoms with Gasteiger partial charge in [-0.15, -0.1) is 6.42 Å². The molecule has 0 amide bonds. The summed E-state index contributed by atoms with van der Waals surface area (Å²) >= 11 is 0. The van der Waals surface area contributed by atoms with Gasteiger partial charge in [0.05, 0.1) is 12.7 Å². The third-order valence-corrected chi connectivity index (χ3v) is 3.43. The minimum absolute atomic E-state index is 0.0422. The van der Waals surface area contributed by atoms with Crippen LogP contribution in [0.3, 0.4) is 0 Å². The van der Waals surface area contributed by atoms with Gasteiger partial charge >= 0.3 is 0 Å². The molecular formula is C12H14N6O2. The average molecular weight is 274 g/mol. The summed E-state index contributed by atoms with van der Waals surface area (Å²) in [6, 6.07) is 0. The zero-order valence-electron chi connectivity index (χ0n) is 10.7. The predicted molar refractivity (Wildman–Crippen MR) is 72.1 cm³/mol. The maximum Gasteiger partial charge on any atom is 0.224 e. The molecule has 3 heterocycles. The number of ether oxygens (including phenoxy) is 1. The first kappa shape index (κ1) is 12.7. The minimum atomic E-state index is -1.03. The largest absolute Gasteiger partial charge is 0.394 e. The highest BCUT2D eigenvalue weighted by Gasteiger charge is 2.41. The Labute approximate surface area is 114 Å². The molecule has 2 aromatic rings. The topological polar surface area (TPSA) is 125 Å². The lowest BCUT2D eigenvalue weighted by Gasteiger charge is -2.25. The van der Waals surface area contributed by atoms with E-state index in [-0.39, 0.29) is 24.5 Å². The third kappa shape index (κ3) is 1.68. The zero-order chi connectivity index (χ0) is 14.3. The van der Waals surface area contributed by atoms with E-state index in [1.54, 1.807) is 4.57 Å². The van der Waals surface area contributed by atoms with Crippen molar-refractivity contribution in [1.82, 2.24) is 19.5 Å². The second-order valence-electron chi connectivity index (χ2n) is 4.64. The summed E-state index contributed by atoms with van der Waals surface area (Å²) in [7, 11) is 0. The minimum Gasteiger partial charge on any atom is -0.394 e. The molecule has 1 aliphatic heterocycles. The number of nitrogens with zero attached hydrogens (tertiary/aromatic N) is 4. The van der Waals surface area contributed by atoms with Crippen molar-refractivity contribution in [1.29, 1.82) is 0 Å². The van der Waals surface area contributed by atoms with Crippen molar-refractivity contribution in [3.63, 3.8) is 0 Å². The Morgan fingerprint density at radius 1 is 1.55 bits per heavy atom. The van der Waals surface area contributed by atoms with Crippen LogP contribution in [0, 0.1) is 12.3 Å². The number of fused-ring (bicyclic) bond motifs is 1. The number of nitrogen functional groups attached to an aromatic ring is 2. The van der Waals surface area contributed by atoms with Gasteiger partial charge in [-0.3, -0.25) is 4.57 Å². The van der Waals surface area contributed by atoms with E-state index in [4.69, 9.17) is 22.6 Å². The summed E-state index contributed by atoms with van der Waals surface area (Å²) in [6.45, 7) is -0.0880. The van der Waals surface area contributed by atoms with Crippen molar-refractivity contribution in [2.24, 2.45) is 0 Å². The smallest absolute Gasteiger partial charge is 0.224 e. The van der Waals surface area contributed by atoms with Gasteiger partial charge in [-0.2, -0.15) is 9.97 Å². The molecule has 5 N–H and O–H groups in total. The fourth-order valence-electron chi connectivity index (χ4n) is 2.44. The lowest BCUT2D eigenvalue weighted by atomic mass is 10.1. The second-order valence-corrected chi connectivity index (χ2v) is 4.64. The van der Waals surface area contributed by atoms with Gasteiger partial charge in [-0.1, -0.05) is 0 Å². The average Bonchev–Trinajstić information content (AvgIpc) is 3.02. The molecule has 0 aromatic carbocycles. The number of nitrogens with two attached hydrogens (primary N) is 2. The van der Waals surface area contributed by atoms with Gasteiger partial charge in [0.25, 0.3) is 0 Å². The van der Waals surface area contributed by atoms with E-state index in [1.165, 1.54) is 6.33 Å². The van der Waals surface area contributed by atoms with Crippen LogP contribution in [0.1, 0.15) is 12.8 Å². The molecule has 0 bridgehead atoms. The van der Waals surface area contributed by atoms with Crippen LogP contribution in [0.15, 0.2) is 6.33 Å². The van der Waals surface area contributed by atoms with Crippen LogP contribution in [0.4, 0.5) is 11.8 Å². The number of terminal acetylenes is 1. The van der Waals surface area contributed by atoms with Gasteiger partial charge in [0.2, 0.25) is 11.7 Å². The van der Waals surface area contributed by atoms with Crippen molar-refractivity contribution in [3.8, 4) is 12.3 Å². The van der Waals surface area contributed by atoms with Crippen LogP contribution in [0.25, 0.3) is 11.2 Å². The summed E-state index contributed by atoms with van der Waals surface area (Å²) in [5.74, 6) is 2.85. The van der Waals surface area contributed by atoms with Crippen LogP contribution in [-0.4, -0.2) is 37.3 Å². The Morgan fingerprint density at radius 3 is 3.00 bits per heavy atom. The Balaban J connectivity index is 2.17. The van der Waals surface area contributed by atoms with Crippen LogP contribution < -0.4 is 11.5 Å². The Morgan fingerprint density at radius 2 is 2.35 bits per heavy atom. The first-order valence-electron chi connectivity index (χ1n) is 6.12. The number of rotatable bonds is 2. The summed E-state index contributed by atoms with van der Waals surface area (Å²) in [5.41, 5.74) is 11.2. The first-order valence-corrected chi connectivity index (χ1v) is 6.12. The standard InChI is InChI=1S/C12H14N6O2/c1-2-12(4-3-7(5-19)20-12)18-6-15-8-9(13)16-11(14)17-10(8)18/h1,6-7,19H,3-5H2,(H4,13,14,16,17). The molecule has 3 rings (SSSR count). The number of aromatic nitrogens is 4. The highest BCUT2D eigenvalue weighted by Crippen LogP contribution is 2.36. The van der Waals surface area contributed by atoms with Gasteiger partial charge in [0, 0.05) is 6.42 Å². The van der Waals surface area contributed by atoms with Crippen molar-refractivity contribution in [2.45, 2.75) is 24.7 Å². The number of anilines is 2. The van der Waals surface area contributed by atoms with Gasteiger partial charge < -0.3 is 21.3 Å². The van der Waals surface area contributed by atoms with E-state index in [0.29, 0.717) is 24.0 Å². The summed E-state index contributed by atoms with van der Waals surface area (Å²) in [6.07, 6.45) is 8.03. The van der Waals surface area contributed by atoms with Gasteiger partial charge in [0.1, 0.15) is 11.8 Å². The highest BCUT2D eigenvalue weighted by molar-refractivity contribution is 5.83. The Bertz CT molecular complexity index is 706. The number of hydrogen-bond acceptors (Lipinski definition) is 7. The molecule has 0 saturated carbocycles. The fraction of sp³-hybridized carbons (Fsp3) is 0.417. The molecule has 20 heavy (non-hydrogen) atoms. The summed E-state index contributed by atoms with van der Waals surface area (Å²) in [4.78, 5) is 12.2. The SMILES string of the molecule is C#CC1(n2cnc3c(N)nc(N)nc32)CCC(CO)O1. The fourth-order valence-corrected chi connectivity index (χ4v) is 2.44. The van der Waals surface area contributed by atoms with Gasteiger partial charge in [-0.05, 0) is 12.3 Å². The van der Waals surface area contributed by atoms with Crippen LogP contribution in [-0.2, 0) is 10.5 Å². The van der Waals surface area contributed by atoms with Crippen LogP contribution in [0.2, 0.25) is 0 Å². The van der Waals surface area contributed by atoms with Crippen molar-refractivity contribution < 1.29 is 9.84 Å². The van der Waals surface area contributed by atoms with Crippen molar-refractivity contribution in [2.75, 3.05) is 18.1 Å². The molecule has 1 fully saturated rings. The molecule has 2 aromatic heterocycles. The van der Waals surface area contributed by atoms with E-state index in [1.807, 2.05) is 0 Å². The van der Waals surface area contributed by atoms with E-state index in [9.17, 15) is 5.11 Å². The molecule has 1 saturated heterocycles. The molecule has 8 heteroatoms. The lowest BCUT2D eigenvalue weighted by molar-refractivity contribution is -0.0680. The summed E-state index contributed by atoms with van der Waals surface area (Å²) in [5, 5.41) is 9.21. The van der Waals surface area contributed by atoms with Crippen molar-refractivity contribution in [3.05, 3.63) is 6.33 Å². The number of hydrogen-bond donors (Lipinski definition) is 3. The van der Waals surface area contributed by atoms with E-state index in [2.05, 4.69) is 20.9 Å². The van der Waals surface area contributed by atoms with Gasteiger partial charge in [0.15, 0.2) is 11.5 Å². The van der Waals surface area contributed by atoms with E-state index in [0.717, 1.165) is 0 Å². The van der Waals surface area contributed by atoms with E-state index < -0.39 is 5.72 Å². The first-order chi connectivity index (χ1) is 9.59. The second kappa shape index (κ2) is 4.33. The number of aliphatic hydroxyl groups is 1. The van der Waals surface area contributed by atoms with Crippen molar-refractivity contribution >= 4 is 22.9 Å². The molecule has 8 nitrogen and oxygen atoms in total.